The van der Waals surface area contributed by atoms with Gasteiger partial charge in [-0.25, -0.2) is 4.98 Å². The van der Waals surface area contributed by atoms with E-state index >= 15 is 0 Å². The lowest BCUT2D eigenvalue weighted by atomic mass is 10.2. The zero-order valence-electron chi connectivity index (χ0n) is 8.68. The zero-order valence-corrected chi connectivity index (χ0v) is 8.68. The van der Waals surface area contributed by atoms with Crippen LogP contribution >= 0.6 is 0 Å². The van der Waals surface area contributed by atoms with Crippen LogP contribution in [0.3, 0.4) is 0 Å². The molecule has 0 spiro atoms. The molecule has 5 nitrogen and oxygen atoms in total. The highest BCUT2D eigenvalue weighted by atomic mass is 16.3. The molecule has 2 aromatic rings. The topological polar surface area (TPSA) is 68.3 Å². The molecule has 16 heavy (non-hydrogen) atoms. The zero-order chi connectivity index (χ0) is 11.2. The number of furan rings is 1. The second-order valence-electron chi connectivity index (χ2n) is 3.34. The van der Waals surface area contributed by atoms with E-state index < -0.39 is 0 Å². The van der Waals surface area contributed by atoms with Crippen LogP contribution in [-0.2, 0) is 17.8 Å². The molecule has 0 aliphatic carbocycles. The van der Waals surface area contributed by atoms with E-state index in [2.05, 4.69) is 10.3 Å². The van der Waals surface area contributed by atoms with Gasteiger partial charge in [-0.05, 0) is 12.1 Å². The summed E-state index contributed by atoms with van der Waals surface area (Å²) in [4.78, 5) is 15.4. The molecule has 0 aromatic carbocycles. The highest BCUT2D eigenvalue weighted by molar-refractivity contribution is 5.75. The van der Waals surface area contributed by atoms with Gasteiger partial charge >= 0.3 is 0 Å². The van der Waals surface area contributed by atoms with Crippen molar-refractivity contribution >= 4 is 5.91 Å². The lowest BCUT2D eigenvalue weighted by molar-refractivity contribution is -0.121. The van der Waals surface area contributed by atoms with E-state index in [1.165, 1.54) is 6.39 Å². The Balaban J connectivity index is 1.69. The van der Waals surface area contributed by atoms with Crippen molar-refractivity contribution in [3.63, 3.8) is 0 Å². The summed E-state index contributed by atoms with van der Waals surface area (Å²) in [6.45, 7) is 0.421. The third-order valence-electron chi connectivity index (χ3n) is 2.13. The minimum atomic E-state index is -0.0283. The summed E-state index contributed by atoms with van der Waals surface area (Å²) in [5.74, 6) is 0.717. The predicted molar refractivity (Wildman–Crippen MR) is 55.4 cm³/mol. The first-order chi connectivity index (χ1) is 7.84. The summed E-state index contributed by atoms with van der Waals surface area (Å²) in [6, 6.07) is 3.61. The summed E-state index contributed by atoms with van der Waals surface area (Å²) >= 11 is 0. The van der Waals surface area contributed by atoms with Gasteiger partial charge in [-0.3, -0.25) is 4.79 Å². The van der Waals surface area contributed by atoms with Gasteiger partial charge in [0.25, 0.3) is 0 Å². The van der Waals surface area contributed by atoms with Gasteiger partial charge in [0.05, 0.1) is 18.5 Å². The molecule has 0 radical (unpaired) electrons. The van der Waals surface area contributed by atoms with Crippen LogP contribution < -0.4 is 5.32 Å². The number of aryl methyl sites for hydroxylation is 1. The number of rotatable bonds is 5. The number of carbonyl (C=O) groups is 1. The van der Waals surface area contributed by atoms with Crippen molar-refractivity contribution in [3.8, 4) is 0 Å². The molecule has 0 bridgehead atoms. The molecule has 0 aliphatic rings. The summed E-state index contributed by atoms with van der Waals surface area (Å²) < 4.78 is 9.90. The van der Waals surface area contributed by atoms with Crippen molar-refractivity contribution in [2.45, 2.75) is 19.4 Å². The molecule has 0 atom stereocenters. The van der Waals surface area contributed by atoms with Crippen LogP contribution in [-0.4, -0.2) is 10.9 Å². The van der Waals surface area contributed by atoms with Gasteiger partial charge in [-0.2, -0.15) is 0 Å². The van der Waals surface area contributed by atoms with Crippen LogP contribution in [0.15, 0.2) is 39.9 Å². The van der Waals surface area contributed by atoms with E-state index in [-0.39, 0.29) is 5.91 Å². The average molecular weight is 220 g/mol. The fraction of sp³-hybridized carbons (Fsp3) is 0.273. The lowest BCUT2D eigenvalue weighted by Crippen LogP contribution is -2.22. The van der Waals surface area contributed by atoms with Crippen LogP contribution in [0.1, 0.15) is 17.9 Å². The third-order valence-corrected chi connectivity index (χ3v) is 2.13. The van der Waals surface area contributed by atoms with Crippen molar-refractivity contribution in [1.29, 1.82) is 0 Å². The standard InChI is InChI=1S/C11H12N2O3/c14-11(4-3-9-7-15-8-13-9)12-6-10-2-1-5-16-10/h1-2,5,7-8H,3-4,6H2,(H,12,14). The van der Waals surface area contributed by atoms with E-state index in [0.29, 0.717) is 19.4 Å². The molecule has 5 heteroatoms. The molecule has 0 fully saturated rings. The molecule has 0 aliphatic heterocycles. The Labute approximate surface area is 92.5 Å². The second-order valence-corrected chi connectivity index (χ2v) is 3.34. The number of oxazole rings is 1. The van der Waals surface area contributed by atoms with Crippen LogP contribution in [0, 0.1) is 0 Å². The van der Waals surface area contributed by atoms with Crippen molar-refractivity contribution in [2.75, 3.05) is 0 Å². The van der Waals surface area contributed by atoms with E-state index in [4.69, 9.17) is 8.83 Å². The molecular formula is C11H12N2O3. The highest BCUT2D eigenvalue weighted by Gasteiger charge is 2.04. The van der Waals surface area contributed by atoms with Gasteiger partial charge in [-0.1, -0.05) is 0 Å². The van der Waals surface area contributed by atoms with E-state index in [1.54, 1.807) is 18.6 Å². The van der Waals surface area contributed by atoms with Crippen molar-refractivity contribution in [2.24, 2.45) is 0 Å². The van der Waals surface area contributed by atoms with Crippen molar-refractivity contribution < 1.29 is 13.6 Å². The van der Waals surface area contributed by atoms with E-state index in [1.807, 2.05) is 6.07 Å². The Kier molecular flexibility index (Phi) is 3.38. The number of hydrogen-bond donors (Lipinski definition) is 1. The Morgan fingerprint density at radius 3 is 3.12 bits per heavy atom. The second kappa shape index (κ2) is 5.16. The monoisotopic (exact) mass is 220 g/mol. The molecule has 2 heterocycles. The highest BCUT2D eigenvalue weighted by Crippen LogP contribution is 2.01. The molecule has 2 rings (SSSR count). The predicted octanol–water partition coefficient (Wildman–Crippen LogP) is 1.52. The molecule has 1 N–H and O–H groups in total. The van der Waals surface area contributed by atoms with Crippen molar-refractivity contribution in [3.05, 3.63) is 42.5 Å². The molecule has 0 saturated carbocycles. The number of amides is 1. The minimum absolute atomic E-state index is 0.0283. The largest absolute Gasteiger partial charge is 0.467 e. The third kappa shape index (κ3) is 2.98. The molecular weight excluding hydrogens is 208 g/mol. The fourth-order valence-electron chi connectivity index (χ4n) is 1.29. The Morgan fingerprint density at radius 1 is 1.50 bits per heavy atom. The number of carbonyl (C=O) groups excluding carboxylic acids is 1. The molecule has 0 unspecified atom stereocenters. The number of aromatic nitrogens is 1. The normalized spacial score (nSPS) is 10.2. The van der Waals surface area contributed by atoms with Gasteiger partial charge in [0, 0.05) is 12.8 Å². The molecule has 1 amide bonds. The SMILES string of the molecule is O=C(CCc1cocn1)NCc1ccco1. The van der Waals surface area contributed by atoms with Crippen LogP contribution in [0.4, 0.5) is 0 Å². The smallest absolute Gasteiger partial charge is 0.220 e. The van der Waals surface area contributed by atoms with Crippen LogP contribution in [0.25, 0.3) is 0 Å². The number of nitrogens with zero attached hydrogens (tertiary/aromatic N) is 1. The number of nitrogens with one attached hydrogen (secondary N) is 1. The summed E-state index contributed by atoms with van der Waals surface area (Å²) in [7, 11) is 0. The Morgan fingerprint density at radius 2 is 2.44 bits per heavy atom. The first kappa shape index (κ1) is 10.5. The number of hydrogen-bond acceptors (Lipinski definition) is 4. The van der Waals surface area contributed by atoms with Gasteiger partial charge in [0.2, 0.25) is 5.91 Å². The fourth-order valence-corrected chi connectivity index (χ4v) is 1.29. The minimum Gasteiger partial charge on any atom is -0.467 e. The van der Waals surface area contributed by atoms with Crippen molar-refractivity contribution in [1.82, 2.24) is 10.3 Å². The van der Waals surface area contributed by atoms with Crippen LogP contribution in [0.5, 0.6) is 0 Å². The first-order valence-corrected chi connectivity index (χ1v) is 5.01. The van der Waals surface area contributed by atoms with Crippen LogP contribution in [0.2, 0.25) is 0 Å². The quantitative estimate of drug-likeness (QED) is 0.829. The van der Waals surface area contributed by atoms with Gasteiger partial charge in [0.15, 0.2) is 6.39 Å². The average Bonchev–Trinajstić information content (AvgIpc) is 2.96. The van der Waals surface area contributed by atoms with Gasteiger partial charge < -0.3 is 14.2 Å². The van der Waals surface area contributed by atoms with E-state index in [9.17, 15) is 4.79 Å². The maximum atomic E-state index is 11.4. The maximum Gasteiger partial charge on any atom is 0.220 e. The maximum absolute atomic E-state index is 11.4. The molecule has 84 valence electrons. The summed E-state index contributed by atoms with van der Waals surface area (Å²) in [6.07, 6.45) is 5.46. The lowest BCUT2D eigenvalue weighted by Gasteiger charge is -2.01. The Hall–Kier alpha value is -2.04. The summed E-state index contributed by atoms with van der Waals surface area (Å²) in [5.41, 5.74) is 0.785. The van der Waals surface area contributed by atoms with Gasteiger partial charge in [-0.15, -0.1) is 0 Å². The molecule has 2 aromatic heterocycles. The van der Waals surface area contributed by atoms with E-state index in [0.717, 1.165) is 11.5 Å². The summed E-state index contributed by atoms with van der Waals surface area (Å²) in [5, 5.41) is 2.76. The van der Waals surface area contributed by atoms with Gasteiger partial charge in [0.1, 0.15) is 12.0 Å². The molecule has 0 saturated heterocycles. The first-order valence-electron chi connectivity index (χ1n) is 5.01. The Bertz CT molecular complexity index is 380.